The monoisotopic (exact) mass is 291 g/mol. The van der Waals surface area contributed by atoms with Crippen molar-refractivity contribution in [1.29, 1.82) is 0 Å². The van der Waals surface area contributed by atoms with Crippen LogP contribution in [0.3, 0.4) is 0 Å². The van der Waals surface area contributed by atoms with Gasteiger partial charge in [-0.3, -0.25) is 4.79 Å². The molecule has 1 amide bonds. The first-order chi connectivity index (χ1) is 9.95. The summed E-state index contributed by atoms with van der Waals surface area (Å²) in [5.41, 5.74) is 0.949. The molecule has 8 heteroatoms. The van der Waals surface area contributed by atoms with Gasteiger partial charge in [-0.15, -0.1) is 0 Å². The minimum atomic E-state index is -1.06. The number of hydrogen-bond donors (Lipinski definition) is 2. The number of aromatic nitrogens is 4. The number of carbonyl (C=O) groups excluding carboxylic acids is 1. The Bertz CT molecular complexity index is 679. The highest BCUT2D eigenvalue weighted by molar-refractivity contribution is 5.97. The summed E-state index contributed by atoms with van der Waals surface area (Å²) in [5, 5.41) is 15.7. The quantitative estimate of drug-likeness (QED) is 0.831. The minimum absolute atomic E-state index is 0.223. The number of hydrogen-bond acceptors (Lipinski definition) is 5. The highest BCUT2D eigenvalue weighted by Crippen LogP contribution is 2.11. The van der Waals surface area contributed by atoms with Gasteiger partial charge in [-0.25, -0.2) is 14.3 Å². The molecule has 2 rings (SSSR count). The lowest BCUT2D eigenvalue weighted by molar-refractivity contribution is -0.140. The highest BCUT2D eigenvalue weighted by Gasteiger charge is 2.25. The standard InChI is InChI=1S/C13H17N5O3/c1-4-9-8(5-14-13-15-6-16-18(9)13)11(19)17-10(7(2)3)12(20)21/h5-7,10H,4H2,1-3H3,(H,17,19)(H,20,21). The maximum Gasteiger partial charge on any atom is 0.326 e. The second kappa shape index (κ2) is 5.86. The van der Waals surface area contributed by atoms with Crippen molar-refractivity contribution in [1.82, 2.24) is 24.9 Å². The number of nitrogens with one attached hydrogen (secondary N) is 1. The number of aliphatic carboxylic acids is 1. The lowest BCUT2D eigenvalue weighted by atomic mass is 10.0. The molecule has 0 bridgehead atoms. The van der Waals surface area contributed by atoms with E-state index in [1.54, 1.807) is 13.8 Å². The molecule has 0 fully saturated rings. The van der Waals surface area contributed by atoms with Crippen LogP contribution >= 0.6 is 0 Å². The maximum absolute atomic E-state index is 12.3. The Morgan fingerprint density at radius 1 is 1.38 bits per heavy atom. The van der Waals surface area contributed by atoms with Gasteiger partial charge in [0, 0.05) is 6.20 Å². The van der Waals surface area contributed by atoms with E-state index in [0.29, 0.717) is 23.5 Å². The third-order valence-corrected chi connectivity index (χ3v) is 3.20. The molecule has 8 nitrogen and oxygen atoms in total. The van der Waals surface area contributed by atoms with Crippen molar-refractivity contribution < 1.29 is 14.7 Å². The molecule has 0 aliphatic rings. The van der Waals surface area contributed by atoms with Crippen LogP contribution in [-0.2, 0) is 11.2 Å². The third kappa shape index (κ3) is 2.83. The average Bonchev–Trinajstić information content (AvgIpc) is 2.90. The van der Waals surface area contributed by atoms with Gasteiger partial charge in [0.15, 0.2) is 0 Å². The molecule has 0 aliphatic heterocycles. The van der Waals surface area contributed by atoms with Crippen molar-refractivity contribution >= 4 is 17.7 Å². The van der Waals surface area contributed by atoms with E-state index in [1.807, 2.05) is 6.92 Å². The van der Waals surface area contributed by atoms with E-state index >= 15 is 0 Å². The van der Waals surface area contributed by atoms with Crippen molar-refractivity contribution in [2.75, 3.05) is 0 Å². The Kier molecular flexibility index (Phi) is 4.15. The molecule has 112 valence electrons. The van der Waals surface area contributed by atoms with E-state index in [-0.39, 0.29) is 5.92 Å². The van der Waals surface area contributed by atoms with Gasteiger partial charge < -0.3 is 10.4 Å². The molecule has 21 heavy (non-hydrogen) atoms. The van der Waals surface area contributed by atoms with Gasteiger partial charge in [-0.1, -0.05) is 20.8 Å². The molecule has 2 aromatic heterocycles. The average molecular weight is 291 g/mol. The molecular weight excluding hydrogens is 274 g/mol. The van der Waals surface area contributed by atoms with Gasteiger partial charge in [0.05, 0.1) is 11.3 Å². The largest absolute Gasteiger partial charge is 0.480 e. The SMILES string of the molecule is CCc1c(C(=O)NC(C(=O)O)C(C)C)cnc2ncnn12. The predicted octanol–water partition coefficient (Wildman–Crippen LogP) is 0.526. The van der Waals surface area contributed by atoms with Crippen LogP contribution in [0.2, 0.25) is 0 Å². The number of carboxylic acid groups (broad SMARTS) is 1. The molecule has 1 atom stereocenters. The Balaban J connectivity index is 2.36. The van der Waals surface area contributed by atoms with Gasteiger partial charge in [0.25, 0.3) is 11.7 Å². The van der Waals surface area contributed by atoms with E-state index < -0.39 is 17.9 Å². The van der Waals surface area contributed by atoms with Gasteiger partial charge in [-0.2, -0.15) is 10.1 Å². The number of carbonyl (C=O) groups is 2. The Morgan fingerprint density at radius 3 is 2.67 bits per heavy atom. The summed E-state index contributed by atoms with van der Waals surface area (Å²) in [6.45, 7) is 5.35. The second-order valence-electron chi connectivity index (χ2n) is 4.98. The second-order valence-corrected chi connectivity index (χ2v) is 4.98. The molecule has 0 aliphatic carbocycles. The van der Waals surface area contributed by atoms with Crippen LogP contribution in [0.15, 0.2) is 12.5 Å². The molecule has 2 aromatic rings. The summed E-state index contributed by atoms with van der Waals surface area (Å²) in [5.74, 6) is -1.36. The van der Waals surface area contributed by atoms with Crippen LogP contribution in [0, 0.1) is 5.92 Å². The Labute approximate surface area is 121 Å². The normalized spacial score (nSPS) is 12.6. The van der Waals surface area contributed by atoms with Crippen molar-refractivity contribution in [2.24, 2.45) is 5.92 Å². The van der Waals surface area contributed by atoms with Crippen LogP contribution < -0.4 is 5.32 Å². The van der Waals surface area contributed by atoms with Crippen LogP contribution in [-0.4, -0.2) is 42.6 Å². The summed E-state index contributed by atoms with van der Waals surface area (Å²) in [4.78, 5) is 31.5. The lowest BCUT2D eigenvalue weighted by Crippen LogP contribution is -2.44. The number of nitrogens with zero attached hydrogens (tertiary/aromatic N) is 4. The first-order valence-electron chi connectivity index (χ1n) is 6.67. The van der Waals surface area contributed by atoms with E-state index in [1.165, 1.54) is 17.0 Å². The smallest absolute Gasteiger partial charge is 0.326 e. The fraction of sp³-hybridized carbons (Fsp3) is 0.462. The van der Waals surface area contributed by atoms with Crippen molar-refractivity contribution in [2.45, 2.75) is 33.2 Å². The number of carboxylic acids is 1. The van der Waals surface area contributed by atoms with Crippen LogP contribution in [0.25, 0.3) is 5.78 Å². The first-order valence-corrected chi connectivity index (χ1v) is 6.67. The van der Waals surface area contributed by atoms with E-state index in [2.05, 4.69) is 20.4 Å². The minimum Gasteiger partial charge on any atom is -0.480 e. The molecular formula is C13H17N5O3. The summed E-state index contributed by atoms with van der Waals surface area (Å²) < 4.78 is 1.49. The lowest BCUT2D eigenvalue weighted by Gasteiger charge is -2.18. The summed E-state index contributed by atoms with van der Waals surface area (Å²) >= 11 is 0. The fourth-order valence-electron chi connectivity index (χ4n) is 2.09. The number of rotatable bonds is 5. The molecule has 0 saturated heterocycles. The zero-order valence-corrected chi connectivity index (χ0v) is 12.1. The van der Waals surface area contributed by atoms with E-state index in [0.717, 1.165) is 0 Å². The number of aryl methyl sites for hydroxylation is 1. The fourth-order valence-corrected chi connectivity index (χ4v) is 2.09. The molecule has 0 spiro atoms. The van der Waals surface area contributed by atoms with E-state index in [4.69, 9.17) is 5.11 Å². The van der Waals surface area contributed by atoms with E-state index in [9.17, 15) is 9.59 Å². The van der Waals surface area contributed by atoms with Gasteiger partial charge in [0.2, 0.25) is 0 Å². The molecule has 0 saturated carbocycles. The number of amides is 1. The third-order valence-electron chi connectivity index (χ3n) is 3.20. The molecule has 0 aromatic carbocycles. The summed E-state index contributed by atoms with van der Waals surface area (Å²) in [7, 11) is 0. The Hall–Kier alpha value is -2.51. The highest BCUT2D eigenvalue weighted by atomic mass is 16.4. The molecule has 0 radical (unpaired) electrons. The molecule has 2 N–H and O–H groups in total. The maximum atomic E-state index is 12.3. The zero-order valence-electron chi connectivity index (χ0n) is 12.1. The summed E-state index contributed by atoms with van der Waals surface area (Å²) in [6, 6.07) is -0.950. The topological polar surface area (TPSA) is 109 Å². The Morgan fingerprint density at radius 2 is 2.10 bits per heavy atom. The molecule has 1 unspecified atom stereocenters. The van der Waals surface area contributed by atoms with Crippen molar-refractivity contribution in [3.05, 3.63) is 23.8 Å². The molecule has 2 heterocycles. The summed E-state index contributed by atoms with van der Waals surface area (Å²) in [6.07, 6.45) is 3.30. The van der Waals surface area contributed by atoms with Crippen LogP contribution in [0.4, 0.5) is 0 Å². The first kappa shape index (κ1) is 14.9. The zero-order chi connectivity index (χ0) is 15.6. The van der Waals surface area contributed by atoms with Gasteiger partial charge in [-0.05, 0) is 12.3 Å². The van der Waals surface area contributed by atoms with Crippen molar-refractivity contribution in [3.63, 3.8) is 0 Å². The van der Waals surface area contributed by atoms with Crippen molar-refractivity contribution in [3.8, 4) is 0 Å². The van der Waals surface area contributed by atoms with Gasteiger partial charge >= 0.3 is 5.97 Å². The predicted molar refractivity (Wildman–Crippen MR) is 73.9 cm³/mol. The number of fused-ring (bicyclic) bond motifs is 1. The van der Waals surface area contributed by atoms with Crippen LogP contribution in [0.5, 0.6) is 0 Å². The van der Waals surface area contributed by atoms with Crippen LogP contribution in [0.1, 0.15) is 36.8 Å². The van der Waals surface area contributed by atoms with Gasteiger partial charge in [0.1, 0.15) is 12.4 Å².